The molecule has 16 heavy (non-hydrogen) atoms. The summed E-state index contributed by atoms with van der Waals surface area (Å²) in [6.07, 6.45) is 0.643. The van der Waals surface area contributed by atoms with Crippen LogP contribution in [0.3, 0.4) is 0 Å². The highest BCUT2D eigenvalue weighted by Crippen LogP contribution is 2.15. The van der Waals surface area contributed by atoms with E-state index in [-0.39, 0.29) is 5.91 Å². The van der Waals surface area contributed by atoms with E-state index >= 15 is 0 Å². The molecule has 94 valence electrons. The van der Waals surface area contributed by atoms with E-state index in [0.29, 0.717) is 12.3 Å². The van der Waals surface area contributed by atoms with Gasteiger partial charge in [0.1, 0.15) is 6.29 Å². The quantitative estimate of drug-likeness (QED) is 0.671. The van der Waals surface area contributed by atoms with E-state index in [9.17, 15) is 14.7 Å². The molecule has 0 aromatic carbocycles. The number of amides is 1. The van der Waals surface area contributed by atoms with Crippen LogP contribution in [-0.4, -0.2) is 28.9 Å². The van der Waals surface area contributed by atoms with Gasteiger partial charge >= 0.3 is 0 Å². The molecule has 4 heteroatoms. The number of aliphatic hydroxyl groups excluding tert-OH is 1. The largest absolute Gasteiger partial charge is 0.393 e. The molecule has 0 spiro atoms. The zero-order valence-corrected chi connectivity index (χ0v) is 10.8. The Kier molecular flexibility index (Phi) is 5.65. The maximum absolute atomic E-state index is 11.7. The number of carbonyl (C=O) groups is 2. The van der Waals surface area contributed by atoms with Crippen LogP contribution < -0.4 is 5.32 Å². The average Bonchev–Trinajstić information content (AvgIpc) is 2.14. The molecule has 0 aliphatic rings. The molecule has 0 fully saturated rings. The first-order chi connectivity index (χ1) is 7.22. The van der Waals surface area contributed by atoms with Gasteiger partial charge in [-0.1, -0.05) is 20.8 Å². The summed E-state index contributed by atoms with van der Waals surface area (Å²) in [7, 11) is 0. The first-order valence-electron chi connectivity index (χ1n) is 5.68. The summed E-state index contributed by atoms with van der Waals surface area (Å²) >= 11 is 0. The van der Waals surface area contributed by atoms with Gasteiger partial charge in [0.15, 0.2) is 0 Å². The third-order valence-corrected chi connectivity index (χ3v) is 2.64. The molecule has 0 bridgehead atoms. The standard InChI is InChI=1S/C12H23NO3/c1-8(2)6-12(5,7-14)13-11(16)9(3)10(4)15/h7-10,15H,6H2,1-5H3,(H,13,16). The van der Waals surface area contributed by atoms with Gasteiger partial charge in [-0.3, -0.25) is 4.79 Å². The van der Waals surface area contributed by atoms with Crippen LogP contribution in [0.25, 0.3) is 0 Å². The smallest absolute Gasteiger partial charge is 0.226 e. The third-order valence-electron chi connectivity index (χ3n) is 2.64. The van der Waals surface area contributed by atoms with Crippen molar-refractivity contribution in [2.75, 3.05) is 0 Å². The number of aldehydes is 1. The molecular weight excluding hydrogens is 206 g/mol. The Morgan fingerprint density at radius 3 is 2.19 bits per heavy atom. The Morgan fingerprint density at radius 2 is 1.88 bits per heavy atom. The number of nitrogens with one attached hydrogen (secondary N) is 1. The van der Waals surface area contributed by atoms with Crippen molar-refractivity contribution in [1.82, 2.24) is 5.32 Å². The van der Waals surface area contributed by atoms with Crippen molar-refractivity contribution in [3.63, 3.8) is 0 Å². The lowest BCUT2D eigenvalue weighted by atomic mass is 9.91. The number of rotatable bonds is 6. The number of carbonyl (C=O) groups excluding carboxylic acids is 2. The topological polar surface area (TPSA) is 66.4 Å². The van der Waals surface area contributed by atoms with E-state index < -0.39 is 17.6 Å². The Bertz CT molecular complexity index is 251. The van der Waals surface area contributed by atoms with Gasteiger partial charge in [-0.05, 0) is 26.2 Å². The summed E-state index contributed by atoms with van der Waals surface area (Å²) in [5, 5.41) is 12.0. The van der Waals surface area contributed by atoms with E-state index in [1.54, 1.807) is 20.8 Å². The Morgan fingerprint density at radius 1 is 1.38 bits per heavy atom. The van der Waals surface area contributed by atoms with E-state index in [1.165, 1.54) is 0 Å². The zero-order chi connectivity index (χ0) is 12.9. The Hall–Kier alpha value is -0.900. The molecule has 0 rings (SSSR count). The molecule has 0 aromatic heterocycles. The van der Waals surface area contributed by atoms with Crippen molar-refractivity contribution in [3.05, 3.63) is 0 Å². The Labute approximate surface area is 97.4 Å². The molecule has 4 nitrogen and oxygen atoms in total. The highest BCUT2D eigenvalue weighted by Gasteiger charge is 2.29. The molecular formula is C12H23NO3. The van der Waals surface area contributed by atoms with Gasteiger partial charge < -0.3 is 15.2 Å². The second-order valence-electron chi connectivity index (χ2n) is 5.15. The molecule has 0 saturated heterocycles. The minimum absolute atomic E-state index is 0.287. The lowest BCUT2D eigenvalue weighted by Gasteiger charge is -2.28. The summed E-state index contributed by atoms with van der Waals surface area (Å²) in [4.78, 5) is 22.7. The van der Waals surface area contributed by atoms with E-state index in [4.69, 9.17) is 0 Å². The molecule has 2 N–H and O–H groups in total. The van der Waals surface area contributed by atoms with Crippen LogP contribution >= 0.6 is 0 Å². The summed E-state index contributed by atoms with van der Waals surface area (Å²) in [6.45, 7) is 8.89. The molecule has 0 heterocycles. The SMILES string of the molecule is CC(C)CC(C)(C=O)NC(=O)C(C)C(C)O. The van der Waals surface area contributed by atoms with Crippen LogP contribution in [0.5, 0.6) is 0 Å². The monoisotopic (exact) mass is 229 g/mol. The number of aliphatic hydroxyl groups is 1. The van der Waals surface area contributed by atoms with E-state index in [1.807, 2.05) is 13.8 Å². The molecule has 0 aliphatic carbocycles. The van der Waals surface area contributed by atoms with Crippen molar-refractivity contribution in [2.24, 2.45) is 11.8 Å². The minimum atomic E-state index is -0.839. The van der Waals surface area contributed by atoms with Gasteiger partial charge in [0.05, 0.1) is 17.6 Å². The highest BCUT2D eigenvalue weighted by molar-refractivity contribution is 5.83. The lowest BCUT2D eigenvalue weighted by molar-refractivity contribution is -0.132. The van der Waals surface area contributed by atoms with Crippen LogP contribution in [0.2, 0.25) is 0 Å². The molecule has 1 amide bonds. The van der Waals surface area contributed by atoms with Crippen LogP contribution in [0.1, 0.15) is 41.0 Å². The second kappa shape index (κ2) is 5.99. The number of hydrogen-bond donors (Lipinski definition) is 2. The predicted octanol–water partition coefficient (Wildman–Crippen LogP) is 1.12. The third kappa shape index (κ3) is 4.75. The van der Waals surface area contributed by atoms with Crippen molar-refractivity contribution in [2.45, 2.75) is 52.7 Å². The Balaban J connectivity index is 4.53. The molecule has 0 radical (unpaired) electrons. The van der Waals surface area contributed by atoms with Gasteiger partial charge in [0.25, 0.3) is 0 Å². The van der Waals surface area contributed by atoms with Crippen molar-refractivity contribution < 1.29 is 14.7 Å². The summed E-state index contributed by atoms with van der Waals surface area (Å²) in [5.74, 6) is -0.478. The maximum Gasteiger partial charge on any atom is 0.226 e. The number of hydrogen-bond acceptors (Lipinski definition) is 3. The zero-order valence-electron chi connectivity index (χ0n) is 10.8. The van der Waals surface area contributed by atoms with E-state index in [2.05, 4.69) is 5.32 Å². The van der Waals surface area contributed by atoms with Gasteiger partial charge in [-0.25, -0.2) is 0 Å². The van der Waals surface area contributed by atoms with Crippen LogP contribution in [-0.2, 0) is 9.59 Å². The molecule has 3 unspecified atom stereocenters. The first kappa shape index (κ1) is 15.1. The van der Waals surface area contributed by atoms with Gasteiger partial charge in [-0.15, -0.1) is 0 Å². The highest BCUT2D eigenvalue weighted by atomic mass is 16.3. The van der Waals surface area contributed by atoms with Gasteiger partial charge in [-0.2, -0.15) is 0 Å². The maximum atomic E-state index is 11.7. The summed E-state index contributed by atoms with van der Waals surface area (Å²) < 4.78 is 0. The predicted molar refractivity (Wildman–Crippen MR) is 62.9 cm³/mol. The van der Waals surface area contributed by atoms with Gasteiger partial charge in [0, 0.05) is 0 Å². The lowest BCUT2D eigenvalue weighted by Crippen LogP contribution is -2.51. The van der Waals surface area contributed by atoms with Crippen molar-refractivity contribution in [1.29, 1.82) is 0 Å². The van der Waals surface area contributed by atoms with E-state index in [0.717, 1.165) is 6.29 Å². The summed E-state index contributed by atoms with van der Waals surface area (Å²) in [5.41, 5.74) is -0.839. The van der Waals surface area contributed by atoms with Crippen molar-refractivity contribution >= 4 is 12.2 Å². The fourth-order valence-corrected chi connectivity index (χ4v) is 1.59. The van der Waals surface area contributed by atoms with Crippen LogP contribution in [0, 0.1) is 11.8 Å². The van der Waals surface area contributed by atoms with Gasteiger partial charge in [0.2, 0.25) is 5.91 Å². The second-order valence-corrected chi connectivity index (χ2v) is 5.15. The fraction of sp³-hybridized carbons (Fsp3) is 0.833. The summed E-state index contributed by atoms with van der Waals surface area (Å²) in [6, 6.07) is 0. The minimum Gasteiger partial charge on any atom is -0.393 e. The molecule has 0 saturated carbocycles. The molecule has 0 aromatic rings. The molecule has 3 atom stereocenters. The average molecular weight is 229 g/mol. The van der Waals surface area contributed by atoms with Crippen LogP contribution in [0.15, 0.2) is 0 Å². The van der Waals surface area contributed by atoms with Crippen LogP contribution in [0.4, 0.5) is 0 Å². The first-order valence-corrected chi connectivity index (χ1v) is 5.68. The normalized spacial score (nSPS) is 18.7. The molecule has 0 aliphatic heterocycles. The fourth-order valence-electron chi connectivity index (χ4n) is 1.59. The van der Waals surface area contributed by atoms with Crippen molar-refractivity contribution in [3.8, 4) is 0 Å².